The molecule has 0 radical (unpaired) electrons. The fourth-order valence-electron chi connectivity index (χ4n) is 5.78. The van der Waals surface area contributed by atoms with Crippen molar-refractivity contribution < 1.29 is 4.42 Å². The van der Waals surface area contributed by atoms with Crippen LogP contribution in [0.4, 0.5) is 0 Å². The molecule has 8 rings (SSSR count). The first-order valence-corrected chi connectivity index (χ1v) is 14.3. The van der Waals surface area contributed by atoms with Crippen LogP contribution in [0.1, 0.15) is 0 Å². The molecule has 40 heavy (non-hydrogen) atoms. The normalized spacial score (nSPS) is 11.5. The molecule has 0 amide bonds. The van der Waals surface area contributed by atoms with Gasteiger partial charge in [-0.25, -0.2) is 0 Å². The second kappa shape index (κ2) is 9.37. The second-order valence-corrected chi connectivity index (χ2v) is 11.2. The molecule has 8 aromatic rings. The molecule has 0 saturated heterocycles. The van der Waals surface area contributed by atoms with Crippen molar-refractivity contribution in [1.82, 2.24) is 0 Å². The zero-order valence-electron chi connectivity index (χ0n) is 21.7. The van der Waals surface area contributed by atoms with Crippen LogP contribution < -0.4 is 0 Å². The van der Waals surface area contributed by atoms with E-state index in [-0.39, 0.29) is 0 Å². The molecule has 1 nitrogen and oxygen atoms in total. The summed E-state index contributed by atoms with van der Waals surface area (Å²) in [6.07, 6.45) is 0. The van der Waals surface area contributed by atoms with Crippen molar-refractivity contribution in [3.8, 4) is 44.9 Å². The third kappa shape index (κ3) is 3.77. The number of hydrogen-bond donors (Lipinski definition) is 0. The van der Waals surface area contributed by atoms with Gasteiger partial charge in [-0.2, -0.15) is 0 Å². The summed E-state index contributed by atoms with van der Waals surface area (Å²) in [4.78, 5) is 0. The smallest absolute Gasteiger partial charge is 0.143 e. The van der Waals surface area contributed by atoms with E-state index in [1.165, 1.54) is 42.4 Å². The Morgan fingerprint density at radius 1 is 0.350 bits per heavy atom. The van der Waals surface area contributed by atoms with Crippen molar-refractivity contribution in [3.63, 3.8) is 0 Å². The predicted octanol–water partition coefficient (Wildman–Crippen LogP) is 11.5. The molecule has 0 atom stereocenters. The Morgan fingerprint density at radius 2 is 0.875 bits per heavy atom. The minimum atomic E-state index is 0.911. The van der Waals surface area contributed by atoms with Crippen LogP contribution in [-0.4, -0.2) is 0 Å². The lowest BCUT2D eigenvalue weighted by molar-refractivity contribution is 0.602. The minimum Gasteiger partial charge on any atom is -0.455 e. The maximum Gasteiger partial charge on any atom is 0.143 e. The van der Waals surface area contributed by atoms with Gasteiger partial charge in [-0.05, 0) is 34.4 Å². The number of benzene rings is 6. The van der Waals surface area contributed by atoms with Crippen molar-refractivity contribution in [1.29, 1.82) is 0 Å². The van der Waals surface area contributed by atoms with Crippen LogP contribution in [0.25, 0.3) is 75.8 Å². The zero-order valence-corrected chi connectivity index (χ0v) is 22.5. The van der Waals surface area contributed by atoms with Gasteiger partial charge in [-0.3, -0.25) is 0 Å². The number of fused-ring (bicyclic) bond motifs is 4. The summed E-state index contributed by atoms with van der Waals surface area (Å²) in [6, 6.07) is 51.7. The Hall–Kier alpha value is -4.92. The van der Waals surface area contributed by atoms with E-state index in [1.54, 1.807) is 0 Å². The van der Waals surface area contributed by atoms with Crippen LogP contribution in [0.3, 0.4) is 0 Å². The molecule has 0 aliphatic rings. The van der Waals surface area contributed by atoms with Crippen LogP contribution in [-0.2, 0) is 0 Å². The highest BCUT2D eigenvalue weighted by Crippen LogP contribution is 2.44. The summed E-state index contributed by atoms with van der Waals surface area (Å²) in [7, 11) is 0. The van der Waals surface area contributed by atoms with Gasteiger partial charge in [0.1, 0.15) is 11.5 Å². The molecular weight excluding hydrogens is 504 g/mol. The summed E-state index contributed by atoms with van der Waals surface area (Å²) in [5.41, 5.74) is 7.05. The van der Waals surface area contributed by atoms with Crippen molar-refractivity contribution in [2.45, 2.75) is 0 Å². The first-order valence-electron chi connectivity index (χ1n) is 13.5. The van der Waals surface area contributed by atoms with Crippen LogP contribution in [0, 0.1) is 0 Å². The highest BCUT2D eigenvalue weighted by Gasteiger charge is 2.19. The number of thiophene rings is 1. The highest BCUT2D eigenvalue weighted by atomic mass is 32.1. The molecule has 2 aromatic heterocycles. The van der Waals surface area contributed by atoms with Crippen LogP contribution in [0.2, 0.25) is 0 Å². The maximum absolute atomic E-state index is 6.80. The molecular formula is C38H24OS. The monoisotopic (exact) mass is 528 g/mol. The summed E-state index contributed by atoms with van der Waals surface area (Å²) in [5.74, 6) is 1.83. The van der Waals surface area contributed by atoms with Crippen molar-refractivity contribution in [2.24, 2.45) is 0 Å². The third-order valence-electron chi connectivity index (χ3n) is 7.72. The predicted molar refractivity (Wildman–Crippen MR) is 171 cm³/mol. The number of rotatable bonds is 4. The van der Waals surface area contributed by atoms with Crippen molar-refractivity contribution in [3.05, 3.63) is 146 Å². The van der Waals surface area contributed by atoms with E-state index in [9.17, 15) is 0 Å². The molecule has 6 aromatic carbocycles. The van der Waals surface area contributed by atoms with Gasteiger partial charge in [0.2, 0.25) is 0 Å². The lowest BCUT2D eigenvalue weighted by Gasteiger charge is -2.08. The molecule has 188 valence electrons. The molecule has 0 saturated carbocycles. The minimum absolute atomic E-state index is 0.911. The van der Waals surface area contributed by atoms with E-state index < -0.39 is 0 Å². The fourth-order valence-corrected chi connectivity index (χ4v) is 6.97. The highest BCUT2D eigenvalue weighted by molar-refractivity contribution is 7.25. The largest absolute Gasteiger partial charge is 0.455 e. The van der Waals surface area contributed by atoms with Gasteiger partial charge < -0.3 is 4.42 Å². The molecule has 0 N–H and O–H groups in total. The van der Waals surface area contributed by atoms with E-state index >= 15 is 0 Å². The fraction of sp³-hybridized carbons (Fsp3) is 0. The SMILES string of the molecule is c1ccc(-c2ccc3c(c2)sc2cc(-c4oc(-c5ccccc5-c5ccccc5)c5ccccc45)ccc23)cc1. The molecule has 0 bridgehead atoms. The lowest BCUT2D eigenvalue weighted by Crippen LogP contribution is -1.83. The summed E-state index contributed by atoms with van der Waals surface area (Å²) in [6.45, 7) is 0. The summed E-state index contributed by atoms with van der Waals surface area (Å²) < 4.78 is 9.37. The van der Waals surface area contributed by atoms with Crippen molar-refractivity contribution in [2.75, 3.05) is 0 Å². The topological polar surface area (TPSA) is 13.1 Å². The van der Waals surface area contributed by atoms with E-state index in [1.807, 2.05) is 11.3 Å². The molecule has 0 unspecified atom stereocenters. The van der Waals surface area contributed by atoms with Gasteiger partial charge in [-0.1, -0.05) is 133 Å². The Morgan fingerprint density at radius 3 is 1.57 bits per heavy atom. The molecule has 2 heterocycles. The van der Waals surface area contributed by atoms with Gasteiger partial charge in [0.05, 0.1) is 0 Å². The van der Waals surface area contributed by atoms with Gasteiger partial charge in [-0.15, -0.1) is 11.3 Å². The average Bonchev–Trinajstić information content (AvgIpc) is 3.60. The standard InChI is InChI=1S/C38H24OS/c1-3-11-25(12-4-1)27-19-21-30-31-22-20-28(24-36(31)40-35(30)23-27)37-33-17-9-10-18-34(33)38(39-37)32-16-8-7-15-29(32)26-13-5-2-6-14-26/h1-24H. The van der Waals surface area contributed by atoms with E-state index in [4.69, 9.17) is 4.42 Å². The van der Waals surface area contributed by atoms with Crippen LogP contribution in [0.5, 0.6) is 0 Å². The van der Waals surface area contributed by atoms with E-state index in [0.717, 1.165) is 33.4 Å². The summed E-state index contributed by atoms with van der Waals surface area (Å²) in [5, 5.41) is 4.85. The Balaban J connectivity index is 1.29. The number of hydrogen-bond acceptors (Lipinski definition) is 2. The summed E-state index contributed by atoms with van der Waals surface area (Å²) >= 11 is 1.85. The molecule has 2 heteroatoms. The van der Waals surface area contributed by atoms with Crippen molar-refractivity contribution >= 4 is 42.3 Å². The average molecular weight is 529 g/mol. The van der Waals surface area contributed by atoms with E-state index in [2.05, 4.69) is 146 Å². The zero-order chi connectivity index (χ0) is 26.5. The maximum atomic E-state index is 6.80. The Kier molecular flexibility index (Phi) is 5.39. The third-order valence-corrected chi connectivity index (χ3v) is 8.83. The second-order valence-electron chi connectivity index (χ2n) is 10.1. The Labute approximate surface area is 236 Å². The van der Waals surface area contributed by atoms with Gasteiger partial charge >= 0.3 is 0 Å². The molecule has 0 spiro atoms. The first-order chi connectivity index (χ1) is 19.8. The first kappa shape index (κ1) is 23.0. The number of furan rings is 1. The van der Waals surface area contributed by atoms with Crippen LogP contribution in [0.15, 0.2) is 150 Å². The molecule has 0 aliphatic heterocycles. The van der Waals surface area contributed by atoms with Gasteiger partial charge in [0.25, 0.3) is 0 Å². The molecule has 0 fully saturated rings. The quantitative estimate of drug-likeness (QED) is 0.221. The Bertz CT molecular complexity index is 2150. The van der Waals surface area contributed by atoms with Gasteiger partial charge in [0, 0.05) is 42.1 Å². The molecule has 0 aliphatic carbocycles. The van der Waals surface area contributed by atoms with E-state index in [0.29, 0.717) is 0 Å². The lowest BCUT2D eigenvalue weighted by atomic mass is 9.96. The van der Waals surface area contributed by atoms with Gasteiger partial charge in [0.15, 0.2) is 0 Å². The van der Waals surface area contributed by atoms with Crippen LogP contribution >= 0.6 is 11.3 Å².